The molecule has 0 aliphatic heterocycles. The van der Waals surface area contributed by atoms with Gasteiger partial charge in [0.1, 0.15) is 5.76 Å². The number of hydrogen-bond acceptors (Lipinski definition) is 6. The van der Waals surface area contributed by atoms with Crippen LogP contribution in [0.3, 0.4) is 0 Å². The molecule has 1 amide bonds. The summed E-state index contributed by atoms with van der Waals surface area (Å²) in [5.41, 5.74) is 2.23. The molecule has 0 saturated heterocycles. The summed E-state index contributed by atoms with van der Waals surface area (Å²) >= 11 is 0. The zero-order valence-corrected chi connectivity index (χ0v) is 15.2. The number of carbonyl (C=O) groups excluding carboxylic acids is 1. The molecule has 0 saturated carbocycles. The summed E-state index contributed by atoms with van der Waals surface area (Å²) in [4.78, 5) is 16.4. The van der Waals surface area contributed by atoms with Crippen LogP contribution in [0.4, 0.5) is 5.69 Å². The third kappa shape index (κ3) is 4.78. The van der Waals surface area contributed by atoms with Gasteiger partial charge in [0, 0.05) is 18.9 Å². The second kappa shape index (κ2) is 8.75. The molecule has 3 aromatic rings. The van der Waals surface area contributed by atoms with E-state index in [0.29, 0.717) is 35.9 Å². The maximum atomic E-state index is 12.3. The molecule has 0 atom stereocenters. The largest absolute Gasteiger partial charge is 0.493 e. The van der Waals surface area contributed by atoms with Gasteiger partial charge >= 0.3 is 0 Å². The number of nitrogens with zero attached hydrogens (tertiary/aromatic N) is 1. The number of rotatable bonds is 8. The Balaban J connectivity index is 1.61. The molecule has 2 heterocycles. The van der Waals surface area contributed by atoms with E-state index in [0.717, 1.165) is 11.3 Å². The molecule has 2 aromatic heterocycles. The van der Waals surface area contributed by atoms with Crippen molar-refractivity contribution in [1.82, 2.24) is 10.3 Å². The molecule has 7 heteroatoms. The van der Waals surface area contributed by atoms with Crippen molar-refractivity contribution in [3.63, 3.8) is 0 Å². The predicted molar refractivity (Wildman–Crippen MR) is 101 cm³/mol. The van der Waals surface area contributed by atoms with Crippen molar-refractivity contribution in [3.05, 3.63) is 71.9 Å². The van der Waals surface area contributed by atoms with Crippen LogP contribution in [0, 0.1) is 0 Å². The molecule has 0 spiro atoms. The highest BCUT2D eigenvalue weighted by molar-refractivity contribution is 5.94. The number of amides is 1. The Labute approximate surface area is 157 Å². The van der Waals surface area contributed by atoms with Gasteiger partial charge in [-0.2, -0.15) is 0 Å². The minimum Gasteiger partial charge on any atom is -0.493 e. The van der Waals surface area contributed by atoms with Crippen LogP contribution in [-0.4, -0.2) is 25.1 Å². The summed E-state index contributed by atoms with van der Waals surface area (Å²) in [6, 6.07) is 11.0. The predicted octanol–water partition coefficient (Wildman–Crippen LogP) is 3.23. The van der Waals surface area contributed by atoms with Crippen molar-refractivity contribution in [3.8, 4) is 11.5 Å². The highest BCUT2D eigenvalue weighted by Crippen LogP contribution is 2.27. The Kier molecular flexibility index (Phi) is 5.94. The highest BCUT2D eigenvalue weighted by atomic mass is 16.5. The fourth-order valence-corrected chi connectivity index (χ4v) is 2.54. The summed E-state index contributed by atoms with van der Waals surface area (Å²) in [6.07, 6.45) is 4.77. The maximum Gasteiger partial charge on any atom is 0.253 e. The third-order valence-corrected chi connectivity index (χ3v) is 3.95. The van der Waals surface area contributed by atoms with Crippen molar-refractivity contribution >= 4 is 11.6 Å². The quantitative estimate of drug-likeness (QED) is 0.636. The standard InChI is InChI=1S/C20H21N3O4/c1-25-18-6-5-14(8-19(18)26-2)10-22-16-9-15(11-21-12-16)20(24)23-13-17-4-3-7-27-17/h3-9,11-12,22H,10,13H2,1-2H3,(H,23,24). The number of furan rings is 1. The van der Waals surface area contributed by atoms with Crippen LogP contribution >= 0.6 is 0 Å². The zero-order valence-electron chi connectivity index (χ0n) is 15.2. The monoisotopic (exact) mass is 367 g/mol. The van der Waals surface area contributed by atoms with E-state index in [1.807, 2.05) is 18.2 Å². The van der Waals surface area contributed by atoms with Crippen molar-refractivity contribution in [2.75, 3.05) is 19.5 Å². The fourth-order valence-electron chi connectivity index (χ4n) is 2.54. The van der Waals surface area contributed by atoms with Crippen LogP contribution in [0.5, 0.6) is 11.5 Å². The molecule has 3 rings (SSSR count). The van der Waals surface area contributed by atoms with Crippen molar-refractivity contribution in [2.24, 2.45) is 0 Å². The molecule has 0 radical (unpaired) electrons. The number of methoxy groups -OCH3 is 2. The second-order valence-corrected chi connectivity index (χ2v) is 5.77. The molecule has 140 valence electrons. The molecular weight excluding hydrogens is 346 g/mol. The van der Waals surface area contributed by atoms with Crippen LogP contribution in [0.2, 0.25) is 0 Å². The van der Waals surface area contributed by atoms with Gasteiger partial charge in [-0.1, -0.05) is 6.07 Å². The number of benzene rings is 1. The van der Waals surface area contributed by atoms with Gasteiger partial charge in [0.15, 0.2) is 11.5 Å². The number of hydrogen-bond donors (Lipinski definition) is 2. The van der Waals surface area contributed by atoms with Crippen LogP contribution in [0.1, 0.15) is 21.7 Å². The van der Waals surface area contributed by atoms with Crippen LogP contribution in [-0.2, 0) is 13.1 Å². The smallest absolute Gasteiger partial charge is 0.253 e. The van der Waals surface area contributed by atoms with Gasteiger partial charge in [-0.15, -0.1) is 0 Å². The number of pyridine rings is 1. The highest BCUT2D eigenvalue weighted by Gasteiger charge is 2.08. The summed E-state index contributed by atoms with van der Waals surface area (Å²) in [5.74, 6) is 1.83. The molecule has 27 heavy (non-hydrogen) atoms. The van der Waals surface area contributed by atoms with Crippen molar-refractivity contribution in [2.45, 2.75) is 13.1 Å². The first-order valence-corrected chi connectivity index (χ1v) is 8.40. The van der Waals surface area contributed by atoms with Crippen molar-refractivity contribution in [1.29, 1.82) is 0 Å². The lowest BCUT2D eigenvalue weighted by molar-refractivity contribution is 0.0947. The Morgan fingerprint density at radius 1 is 1.07 bits per heavy atom. The molecule has 0 fully saturated rings. The average Bonchev–Trinajstić information content (AvgIpc) is 3.24. The molecule has 7 nitrogen and oxygen atoms in total. The van der Waals surface area contributed by atoms with Gasteiger partial charge < -0.3 is 24.5 Å². The van der Waals surface area contributed by atoms with Crippen LogP contribution < -0.4 is 20.1 Å². The topological polar surface area (TPSA) is 85.6 Å². The lowest BCUT2D eigenvalue weighted by atomic mass is 10.2. The van der Waals surface area contributed by atoms with E-state index in [9.17, 15) is 4.79 Å². The second-order valence-electron chi connectivity index (χ2n) is 5.77. The molecule has 0 unspecified atom stereocenters. The van der Waals surface area contributed by atoms with Crippen LogP contribution in [0.15, 0.2) is 59.5 Å². The zero-order chi connectivity index (χ0) is 19.1. The Bertz CT molecular complexity index is 894. The Morgan fingerprint density at radius 2 is 1.93 bits per heavy atom. The Hall–Kier alpha value is -3.48. The van der Waals surface area contributed by atoms with E-state index in [1.165, 1.54) is 6.20 Å². The van der Waals surface area contributed by atoms with Gasteiger partial charge in [0.25, 0.3) is 5.91 Å². The molecule has 0 bridgehead atoms. The summed E-state index contributed by atoms with van der Waals surface area (Å²) in [7, 11) is 3.20. The lowest BCUT2D eigenvalue weighted by Gasteiger charge is -2.11. The summed E-state index contributed by atoms with van der Waals surface area (Å²) in [5, 5.41) is 6.06. The lowest BCUT2D eigenvalue weighted by Crippen LogP contribution is -2.22. The normalized spacial score (nSPS) is 10.3. The minimum absolute atomic E-state index is 0.214. The van der Waals surface area contributed by atoms with E-state index >= 15 is 0 Å². The van der Waals surface area contributed by atoms with Crippen molar-refractivity contribution < 1.29 is 18.7 Å². The van der Waals surface area contributed by atoms with E-state index in [-0.39, 0.29) is 5.91 Å². The number of aromatic nitrogens is 1. The average molecular weight is 367 g/mol. The third-order valence-electron chi connectivity index (χ3n) is 3.95. The van der Waals surface area contributed by atoms with Crippen LogP contribution in [0.25, 0.3) is 0 Å². The first-order valence-electron chi connectivity index (χ1n) is 8.40. The van der Waals surface area contributed by atoms with E-state index in [1.54, 1.807) is 44.9 Å². The summed E-state index contributed by atoms with van der Waals surface area (Å²) in [6.45, 7) is 0.884. The molecule has 2 N–H and O–H groups in total. The minimum atomic E-state index is -0.214. The van der Waals surface area contributed by atoms with E-state index < -0.39 is 0 Å². The van der Waals surface area contributed by atoms with Gasteiger partial charge in [0.05, 0.1) is 38.3 Å². The Morgan fingerprint density at radius 3 is 2.67 bits per heavy atom. The number of ether oxygens (including phenoxy) is 2. The number of carbonyl (C=O) groups is 1. The number of anilines is 1. The van der Waals surface area contributed by atoms with Gasteiger partial charge in [-0.05, 0) is 35.9 Å². The molecule has 1 aromatic carbocycles. The first-order chi connectivity index (χ1) is 13.2. The summed E-state index contributed by atoms with van der Waals surface area (Å²) < 4.78 is 15.8. The van der Waals surface area contributed by atoms with Gasteiger partial charge in [-0.3, -0.25) is 9.78 Å². The maximum absolute atomic E-state index is 12.3. The number of nitrogens with one attached hydrogen (secondary N) is 2. The molecular formula is C20H21N3O4. The van der Waals surface area contributed by atoms with Gasteiger partial charge in [0.2, 0.25) is 0 Å². The SMILES string of the molecule is COc1ccc(CNc2cncc(C(=O)NCc3ccco3)c2)cc1OC. The molecule has 0 aliphatic carbocycles. The van der Waals surface area contributed by atoms with E-state index in [4.69, 9.17) is 13.9 Å². The van der Waals surface area contributed by atoms with E-state index in [2.05, 4.69) is 15.6 Å². The fraction of sp³-hybridized carbons (Fsp3) is 0.200. The first kappa shape index (κ1) is 18.3. The van der Waals surface area contributed by atoms with Gasteiger partial charge in [-0.25, -0.2) is 0 Å². The molecule has 0 aliphatic rings.